The molecule has 0 saturated carbocycles. The number of carbonyl (C=O) groups is 2. The highest BCUT2D eigenvalue weighted by molar-refractivity contribution is 7.89. The summed E-state index contributed by atoms with van der Waals surface area (Å²) in [6, 6.07) is 25.8. The predicted molar refractivity (Wildman–Crippen MR) is 178 cm³/mol. The Morgan fingerprint density at radius 3 is 2.09 bits per heavy atom. The minimum absolute atomic E-state index is 0.112. The molecule has 45 heavy (non-hydrogen) atoms. The number of amides is 2. The summed E-state index contributed by atoms with van der Waals surface area (Å²) in [5.41, 5.74) is 4.24. The summed E-state index contributed by atoms with van der Waals surface area (Å²) >= 11 is 0. The van der Waals surface area contributed by atoms with Gasteiger partial charge in [-0.25, -0.2) is 8.42 Å². The average molecular weight is 628 g/mol. The zero-order valence-corrected chi connectivity index (χ0v) is 26.9. The van der Waals surface area contributed by atoms with Gasteiger partial charge in [0.25, 0.3) is 0 Å². The van der Waals surface area contributed by atoms with Crippen LogP contribution in [0.3, 0.4) is 0 Å². The first-order chi connectivity index (χ1) is 21.9. The third-order valence-corrected chi connectivity index (χ3v) is 10.8. The first-order valence-corrected chi connectivity index (χ1v) is 17.8. The second kappa shape index (κ2) is 16.0. The number of hydrogen-bond donors (Lipinski definition) is 1. The van der Waals surface area contributed by atoms with Crippen LogP contribution >= 0.6 is 0 Å². The standard InChI is InChI=1S/C37H45N3O4S/c41-36(23-20-31-18-21-34(22-19-31)45(43,44)39-26-10-11-27-39)40(29-33-16-8-3-9-17-33)35(28-32-14-6-2-7-15-32)37(42)38-25-24-30-12-4-1-5-13-30/h2-3,6-9,12,14-19,21-22,35H,1,4-5,10-11,13,20,23-29H2,(H,38,42). The second-order valence-corrected chi connectivity index (χ2v) is 14.1. The highest BCUT2D eigenvalue weighted by atomic mass is 32.2. The van der Waals surface area contributed by atoms with E-state index in [1.165, 1.54) is 22.7 Å². The van der Waals surface area contributed by atoms with Gasteiger partial charge in [0, 0.05) is 39.0 Å². The molecule has 3 aromatic carbocycles. The van der Waals surface area contributed by atoms with Crippen LogP contribution in [-0.2, 0) is 39.0 Å². The normalized spacial score (nSPS) is 16.1. The number of sulfonamides is 1. The number of allylic oxidation sites excluding steroid dienone is 1. The molecule has 8 heteroatoms. The van der Waals surface area contributed by atoms with Gasteiger partial charge < -0.3 is 10.2 Å². The van der Waals surface area contributed by atoms with Gasteiger partial charge in [-0.1, -0.05) is 84.4 Å². The largest absolute Gasteiger partial charge is 0.354 e. The lowest BCUT2D eigenvalue weighted by atomic mass is 9.97. The van der Waals surface area contributed by atoms with E-state index in [0.717, 1.165) is 48.8 Å². The zero-order chi connectivity index (χ0) is 31.5. The number of benzene rings is 3. The molecule has 0 aromatic heterocycles. The summed E-state index contributed by atoms with van der Waals surface area (Å²) in [5, 5.41) is 3.15. The van der Waals surface area contributed by atoms with Crippen LogP contribution in [0, 0.1) is 0 Å². The molecule has 1 N–H and O–H groups in total. The Morgan fingerprint density at radius 2 is 1.44 bits per heavy atom. The van der Waals surface area contributed by atoms with E-state index in [4.69, 9.17) is 0 Å². The van der Waals surface area contributed by atoms with Crippen molar-refractivity contribution in [1.82, 2.24) is 14.5 Å². The van der Waals surface area contributed by atoms with Crippen LogP contribution in [-0.4, -0.2) is 55.1 Å². The molecule has 1 atom stereocenters. The second-order valence-electron chi connectivity index (χ2n) is 12.1. The van der Waals surface area contributed by atoms with Crippen LogP contribution in [0.1, 0.15) is 68.1 Å². The maximum atomic E-state index is 14.0. The third kappa shape index (κ3) is 9.14. The van der Waals surface area contributed by atoms with Gasteiger partial charge in [-0.15, -0.1) is 0 Å². The fraction of sp³-hybridized carbons (Fsp3) is 0.405. The van der Waals surface area contributed by atoms with E-state index < -0.39 is 16.1 Å². The van der Waals surface area contributed by atoms with Crippen LogP contribution in [0.15, 0.2) is 101 Å². The highest BCUT2D eigenvalue weighted by Gasteiger charge is 2.30. The quantitative estimate of drug-likeness (QED) is 0.221. The molecule has 1 saturated heterocycles. The fourth-order valence-corrected chi connectivity index (χ4v) is 7.75. The number of hydrogen-bond acceptors (Lipinski definition) is 4. The van der Waals surface area contributed by atoms with Crippen LogP contribution in [0.25, 0.3) is 0 Å². The average Bonchev–Trinajstić information content (AvgIpc) is 3.63. The Bertz CT molecular complexity index is 1530. The van der Waals surface area contributed by atoms with Crippen molar-refractivity contribution in [3.63, 3.8) is 0 Å². The summed E-state index contributed by atoms with van der Waals surface area (Å²) in [6.45, 7) is 2.00. The van der Waals surface area contributed by atoms with Gasteiger partial charge in [-0.05, 0) is 80.2 Å². The van der Waals surface area contributed by atoms with Crippen molar-refractivity contribution in [3.8, 4) is 0 Å². The molecule has 0 bridgehead atoms. The van der Waals surface area contributed by atoms with E-state index >= 15 is 0 Å². The molecule has 5 rings (SSSR count). The smallest absolute Gasteiger partial charge is 0.243 e. The Balaban J connectivity index is 1.32. The van der Waals surface area contributed by atoms with E-state index in [2.05, 4.69) is 11.4 Å². The van der Waals surface area contributed by atoms with Gasteiger partial charge in [0.15, 0.2) is 0 Å². The molecule has 3 aromatic rings. The van der Waals surface area contributed by atoms with E-state index in [-0.39, 0.29) is 23.1 Å². The maximum Gasteiger partial charge on any atom is 0.243 e. The number of nitrogens with one attached hydrogen (secondary N) is 1. The monoisotopic (exact) mass is 627 g/mol. The zero-order valence-electron chi connectivity index (χ0n) is 26.1. The topological polar surface area (TPSA) is 86.8 Å². The molecule has 1 fully saturated rings. The van der Waals surface area contributed by atoms with E-state index in [0.29, 0.717) is 39.0 Å². The summed E-state index contributed by atoms with van der Waals surface area (Å²) in [5.74, 6) is -0.255. The molecule has 1 heterocycles. The van der Waals surface area contributed by atoms with Crippen molar-refractivity contribution in [1.29, 1.82) is 0 Å². The Morgan fingerprint density at radius 1 is 0.778 bits per heavy atom. The number of aryl methyl sites for hydroxylation is 1. The van der Waals surface area contributed by atoms with Crippen molar-refractivity contribution < 1.29 is 18.0 Å². The summed E-state index contributed by atoms with van der Waals surface area (Å²) < 4.78 is 27.4. The van der Waals surface area contributed by atoms with Crippen molar-refractivity contribution in [2.75, 3.05) is 19.6 Å². The molecule has 1 unspecified atom stereocenters. The molecule has 0 spiro atoms. The van der Waals surface area contributed by atoms with Gasteiger partial charge in [0.1, 0.15) is 6.04 Å². The lowest BCUT2D eigenvalue weighted by Crippen LogP contribution is -2.50. The summed E-state index contributed by atoms with van der Waals surface area (Å²) in [4.78, 5) is 29.9. The predicted octanol–water partition coefficient (Wildman–Crippen LogP) is 6.05. The van der Waals surface area contributed by atoms with Crippen molar-refractivity contribution in [2.45, 2.75) is 81.7 Å². The Labute approximate surface area is 268 Å². The van der Waals surface area contributed by atoms with Gasteiger partial charge in [-0.2, -0.15) is 4.31 Å². The fourth-order valence-electron chi connectivity index (χ4n) is 6.23. The van der Waals surface area contributed by atoms with Crippen LogP contribution < -0.4 is 5.32 Å². The molecule has 2 aliphatic rings. The van der Waals surface area contributed by atoms with Crippen molar-refractivity contribution >= 4 is 21.8 Å². The molecule has 1 aliphatic heterocycles. The maximum absolute atomic E-state index is 14.0. The van der Waals surface area contributed by atoms with E-state index in [1.54, 1.807) is 29.2 Å². The molecule has 0 radical (unpaired) electrons. The van der Waals surface area contributed by atoms with Gasteiger partial charge >= 0.3 is 0 Å². The lowest BCUT2D eigenvalue weighted by molar-refractivity contribution is -0.141. The van der Waals surface area contributed by atoms with Gasteiger partial charge in [0.2, 0.25) is 21.8 Å². The Kier molecular flexibility index (Phi) is 11.6. The summed E-state index contributed by atoms with van der Waals surface area (Å²) in [6.07, 6.45) is 10.6. The molecular weight excluding hydrogens is 582 g/mol. The minimum Gasteiger partial charge on any atom is -0.354 e. The lowest BCUT2D eigenvalue weighted by Gasteiger charge is -2.32. The van der Waals surface area contributed by atoms with Crippen LogP contribution in [0.2, 0.25) is 0 Å². The van der Waals surface area contributed by atoms with Gasteiger partial charge in [-0.3, -0.25) is 9.59 Å². The highest BCUT2D eigenvalue weighted by Crippen LogP contribution is 2.23. The molecule has 1 aliphatic carbocycles. The minimum atomic E-state index is -3.49. The number of rotatable bonds is 14. The van der Waals surface area contributed by atoms with Gasteiger partial charge in [0.05, 0.1) is 4.90 Å². The van der Waals surface area contributed by atoms with Crippen molar-refractivity contribution in [3.05, 3.63) is 113 Å². The Hall–Kier alpha value is -3.75. The molecular formula is C37H45N3O4S. The SMILES string of the molecule is O=C(NCCC1=CCCCC1)C(Cc1ccccc1)N(Cc1ccccc1)C(=O)CCc1ccc(S(=O)(=O)N2CCCC2)cc1. The first-order valence-electron chi connectivity index (χ1n) is 16.3. The first kappa shape index (κ1) is 32.6. The molecule has 2 amide bonds. The number of nitrogens with zero attached hydrogens (tertiary/aromatic N) is 2. The van der Waals surface area contributed by atoms with E-state index in [1.807, 2.05) is 60.7 Å². The third-order valence-electron chi connectivity index (χ3n) is 8.85. The van der Waals surface area contributed by atoms with Crippen molar-refractivity contribution in [2.24, 2.45) is 0 Å². The molecule has 7 nitrogen and oxygen atoms in total. The number of carbonyl (C=O) groups excluding carboxylic acids is 2. The van der Waals surface area contributed by atoms with E-state index in [9.17, 15) is 18.0 Å². The molecule has 238 valence electrons. The van der Waals surface area contributed by atoms with Crippen LogP contribution in [0.4, 0.5) is 0 Å². The summed E-state index contributed by atoms with van der Waals surface area (Å²) in [7, 11) is -3.49. The van der Waals surface area contributed by atoms with Crippen LogP contribution in [0.5, 0.6) is 0 Å².